The average Bonchev–Trinajstić information content (AvgIpc) is 3.11. The molecule has 125 valence electrons. The van der Waals surface area contributed by atoms with E-state index in [9.17, 15) is 0 Å². The van der Waals surface area contributed by atoms with Crippen molar-refractivity contribution in [1.29, 1.82) is 0 Å². The fourth-order valence-corrected chi connectivity index (χ4v) is 2.03. The summed E-state index contributed by atoms with van der Waals surface area (Å²) in [6.07, 6.45) is 4.56. The molecule has 0 amide bonds. The first-order valence-corrected chi connectivity index (χ1v) is 8.56. The Morgan fingerprint density at radius 1 is 0.792 bits per heavy atom. The molecule has 0 unspecified atom stereocenters. The van der Waals surface area contributed by atoms with Crippen LogP contribution in [-0.2, 0) is 21.7 Å². The Kier molecular flexibility index (Phi) is 13.4. The molecule has 0 saturated carbocycles. The average molecular weight is 353 g/mol. The van der Waals surface area contributed by atoms with Crippen molar-refractivity contribution in [1.82, 2.24) is 0 Å². The Labute approximate surface area is 163 Å². The zero-order chi connectivity index (χ0) is 16.9. The second-order valence-electron chi connectivity index (χ2n) is 5.41. The van der Waals surface area contributed by atoms with Gasteiger partial charge in [0.2, 0.25) is 0 Å². The van der Waals surface area contributed by atoms with E-state index in [1.54, 1.807) is 0 Å². The molecule has 0 fully saturated rings. The SMILES string of the molecule is [CH2-]CCC.[CH2-]CCC.[Ti+3].c1ccc(-c2cccc3[cH-]ccc23)cc1. The van der Waals surface area contributed by atoms with Gasteiger partial charge in [-0.25, -0.2) is 0 Å². The number of hydrogen-bond acceptors (Lipinski definition) is 0. The van der Waals surface area contributed by atoms with Crippen molar-refractivity contribution in [2.24, 2.45) is 0 Å². The predicted molar refractivity (Wildman–Crippen MR) is 106 cm³/mol. The molecule has 0 aliphatic rings. The van der Waals surface area contributed by atoms with E-state index in [2.05, 4.69) is 94.4 Å². The van der Waals surface area contributed by atoms with Crippen LogP contribution in [0.5, 0.6) is 0 Å². The Bertz CT molecular complexity index is 629. The monoisotopic (exact) mass is 353 g/mol. The van der Waals surface area contributed by atoms with Crippen LogP contribution in [0.2, 0.25) is 0 Å². The first kappa shape index (κ1) is 22.8. The van der Waals surface area contributed by atoms with Crippen molar-refractivity contribution >= 4 is 10.8 Å². The van der Waals surface area contributed by atoms with E-state index in [0.29, 0.717) is 0 Å². The summed E-state index contributed by atoms with van der Waals surface area (Å²) >= 11 is 0. The second-order valence-corrected chi connectivity index (χ2v) is 5.41. The van der Waals surface area contributed by atoms with Crippen molar-refractivity contribution in [2.75, 3.05) is 0 Å². The van der Waals surface area contributed by atoms with Crippen molar-refractivity contribution in [3.63, 3.8) is 0 Å². The molecule has 0 saturated heterocycles. The summed E-state index contributed by atoms with van der Waals surface area (Å²) in [4.78, 5) is 0. The molecular weight excluding hydrogens is 324 g/mol. The zero-order valence-corrected chi connectivity index (χ0v) is 16.7. The molecule has 1 radical (unpaired) electrons. The van der Waals surface area contributed by atoms with Gasteiger partial charge in [-0.3, -0.25) is 0 Å². The minimum atomic E-state index is 0. The molecule has 0 bridgehead atoms. The van der Waals surface area contributed by atoms with Crippen LogP contribution < -0.4 is 0 Å². The van der Waals surface area contributed by atoms with Crippen LogP contribution in [0.15, 0.2) is 66.7 Å². The first-order chi connectivity index (χ1) is 11.3. The van der Waals surface area contributed by atoms with Gasteiger partial charge in [-0.1, -0.05) is 68.7 Å². The summed E-state index contributed by atoms with van der Waals surface area (Å²) in [6.45, 7) is 11.4. The molecule has 3 aromatic carbocycles. The van der Waals surface area contributed by atoms with Crippen molar-refractivity contribution < 1.29 is 21.7 Å². The number of unbranched alkanes of at least 4 members (excludes halogenated alkanes) is 2. The number of fused-ring (bicyclic) bond motifs is 1. The maximum Gasteiger partial charge on any atom is 3.00 e. The van der Waals surface area contributed by atoms with Crippen LogP contribution in [0.25, 0.3) is 21.9 Å². The molecule has 0 aliphatic carbocycles. The Morgan fingerprint density at radius 2 is 1.38 bits per heavy atom. The molecule has 24 heavy (non-hydrogen) atoms. The summed E-state index contributed by atoms with van der Waals surface area (Å²) < 4.78 is 0. The van der Waals surface area contributed by atoms with Crippen molar-refractivity contribution in [2.45, 2.75) is 39.5 Å². The van der Waals surface area contributed by atoms with Gasteiger partial charge in [0.05, 0.1) is 0 Å². The largest absolute Gasteiger partial charge is 3.00 e. The Morgan fingerprint density at radius 3 is 1.92 bits per heavy atom. The summed E-state index contributed by atoms with van der Waals surface area (Å²) in [5.74, 6) is 0. The molecule has 0 spiro atoms. The van der Waals surface area contributed by atoms with Gasteiger partial charge in [-0.2, -0.15) is 25.0 Å². The topological polar surface area (TPSA) is 0 Å². The second kappa shape index (κ2) is 14.1. The van der Waals surface area contributed by atoms with Crippen LogP contribution in [0.3, 0.4) is 0 Å². The van der Waals surface area contributed by atoms with Gasteiger partial charge in [0.15, 0.2) is 0 Å². The predicted octanol–water partition coefficient (Wildman–Crippen LogP) is 7.46. The van der Waals surface area contributed by atoms with E-state index >= 15 is 0 Å². The zero-order valence-electron chi connectivity index (χ0n) is 15.1. The van der Waals surface area contributed by atoms with Crippen molar-refractivity contribution in [3.8, 4) is 11.1 Å². The molecular formula is C23H29Ti. The number of rotatable bonds is 3. The van der Waals surface area contributed by atoms with Gasteiger partial charge in [-0.15, -0.1) is 29.0 Å². The fourth-order valence-electron chi connectivity index (χ4n) is 2.03. The minimum Gasteiger partial charge on any atom is -0.343 e. The van der Waals surface area contributed by atoms with E-state index in [4.69, 9.17) is 0 Å². The summed E-state index contributed by atoms with van der Waals surface area (Å²) in [5.41, 5.74) is 2.60. The first-order valence-electron chi connectivity index (χ1n) is 8.56. The van der Waals surface area contributed by atoms with Gasteiger partial charge >= 0.3 is 21.7 Å². The maximum absolute atomic E-state index is 3.60. The summed E-state index contributed by atoms with van der Waals surface area (Å²) in [7, 11) is 0. The van der Waals surface area contributed by atoms with Gasteiger partial charge in [0.25, 0.3) is 0 Å². The van der Waals surface area contributed by atoms with Crippen LogP contribution in [0, 0.1) is 13.8 Å². The van der Waals surface area contributed by atoms with Gasteiger partial charge < -0.3 is 13.8 Å². The van der Waals surface area contributed by atoms with E-state index in [0.717, 1.165) is 12.8 Å². The number of benzene rings is 2. The normalized spacial score (nSPS) is 9.17. The van der Waals surface area contributed by atoms with Gasteiger partial charge in [-0.05, 0) is 5.56 Å². The molecule has 1 heteroatoms. The van der Waals surface area contributed by atoms with E-state index in [-0.39, 0.29) is 21.7 Å². The summed E-state index contributed by atoms with van der Waals surface area (Å²) in [5, 5.41) is 2.65. The van der Waals surface area contributed by atoms with Crippen LogP contribution in [0.4, 0.5) is 0 Å². The quantitative estimate of drug-likeness (QED) is 0.338. The van der Waals surface area contributed by atoms with Crippen molar-refractivity contribution in [3.05, 3.63) is 80.6 Å². The smallest absolute Gasteiger partial charge is 0.343 e. The molecule has 0 heterocycles. The molecule has 0 aliphatic heterocycles. The van der Waals surface area contributed by atoms with Gasteiger partial charge in [0, 0.05) is 0 Å². The molecule has 0 N–H and O–H groups in total. The van der Waals surface area contributed by atoms with E-state index in [1.165, 1.54) is 34.7 Å². The number of hydrogen-bond donors (Lipinski definition) is 0. The standard InChI is InChI=1S/C15H11.2C4H9.Ti/c1-2-6-12(7-3-1)14-10-4-8-13-9-5-11-15(13)14;2*1-3-4-2;/h1-11H;2*1,3-4H2,2H3;/q3*-1;+3. The summed E-state index contributed by atoms with van der Waals surface area (Å²) in [6, 6.07) is 23.4. The molecule has 0 aromatic heterocycles. The molecule has 0 atom stereocenters. The van der Waals surface area contributed by atoms with Gasteiger partial charge in [0.1, 0.15) is 0 Å². The third-order valence-corrected chi connectivity index (χ3v) is 3.47. The van der Waals surface area contributed by atoms with Crippen LogP contribution >= 0.6 is 0 Å². The van der Waals surface area contributed by atoms with Crippen LogP contribution in [-0.4, -0.2) is 0 Å². The Hall–Kier alpha value is -1.24. The molecule has 3 aromatic rings. The minimum absolute atomic E-state index is 0. The maximum atomic E-state index is 3.60. The third-order valence-electron chi connectivity index (χ3n) is 3.47. The van der Waals surface area contributed by atoms with E-state index in [1.807, 2.05) is 0 Å². The molecule has 3 rings (SSSR count). The van der Waals surface area contributed by atoms with Crippen LogP contribution in [0.1, 0.15) is 39.5 Å². The third kappa shape index (κ3) is 7.56. The van der Waals surface area contributed by atoms with E-state index < -0.39 is 0 Å². The molecule has 0 nitrogen and oxygen atoms in total. The fraction of sp³-hybridized carbons (Fsp3) is 0.261. The Balaban J connectivity index is 0.000000503.